The van der Waals surface area contributed by atoms with Gasteiger partial charge >= 0.3 is 12.1 Å². The van der Waals surface area contributed by atoms with E-state index in [4.69, 9.17) is 10.2 Å². The van der Waals surface area contributed by atoms with Gasteiger partial charge in [0.1, 0.15) is 5.75 Å². The first-order valence-corrected chi connectivity index (χ1v) is 4.41. The molecule has 0 spiro atoms. The first kappa shape index (κ1) is 12.4. The van der Waals surface area contributed by atoms with Gasteiger partial charge in [-0.25, -0.2) is 0 Å². The summed E-state index contributed by atoms with van der Waals surface area (Å²) in [5, 5.41) is 17.5. The number of carbonyl (C=O) groups is 1. The van der Waals surface area contributed by atoms with Crippen molar-refractivity contribution in [3.8, 4) is 5.75 Å². The Bertz CT molecular complexity index is 399. The molecular weight excluding hydrogens is 225 g/mol. The summed E-state index contributed by atoms with van der Waals surface area (Å²) in [6.07, 6.45) is -4.71. The fraction of sp³-hybridized carbons (Fsp3) is 0.300. The van der Waals surface area contributed by atoms with Crippen molar-refractivity contribution in [3.63, 3.8) is 0 Å². The van der Waals surface area contributed by atoms with E-state index in [9.17, 15) is 18.0 Å². The second-order valence-electron chi connectivity index (χ2n) is 3.24. The Balaban J connectivity index is 2.87. The fourth-order valence-corrected chi connectivity index (χ4v) is 1.22. The van der Waals surface area contributed by atoms with Crippen LogP contribution in [0.5, 0.6) is 5.75 Å². The summed E-state index contributed by atoms with van der Waals surface area (Å²) in [5.41, 5.74) is -0.764. The number of aliphatic carboxylic acids is 1. The molecule has 16 heavy (non-hydrogen) atoms. The predicted octanol–water partition coefficient (Wildman–Crippen LogP) is 2.43. The van der Waals surface area contributed by atoms with E-state index in [1.807, 2.05) is 0 Å². The lowest BCUT2D eigenvalue weighted by Gasteiger charge is -2.09. The molecule has 0 radical (unpaired) electrons. The van der Waals surface area contributed by atoms with Gasteiger partial charge in [0.2, 0.25) is 0 Å². The van der Waals surface area contributed by atoms with Gasteiger partial charge in [0.25, 0.3) is 0 Å². The highest BCUT2D eigenvalue weighted by Crippen LogP contribution is 2.35. The summed E-state index contributed by atoms with van der Waals surface area (Å²) in [5.74, 6) is -1.92. The lowest BCUT2D eigenvalue weighted by atomic mass is 10.1. The minimum absolute atomic E-state index is 0.0844. The molecule has 1 aromatic rings. The van der Waals surface area contributed by atoms with Gasteiger partial charge in [-0.15, -0.1) is 0 Å². The SMILES string of the molecule is O=C(O)CCc1ccc(C(F)(F)F)c(O)c1. The normalized spacial score (nSPS) is 11.4. The van der Waals surface area contributed by atoms with Crippen LogP contribution in [0.3, 0.4) is 0 Å². The molecule has 0 bridgehead atoms. The number of hydrogen-bond acceptors (Lipinski definition) is 2. The molecule has 0 aliphatic heterocycles. The minimum atomic E-state index is -4.60. The molecule has 2 N–H and O–H groups in total. The number of hydrogen-bond donors (Lipinski definition) is 2. The maximum atomic E-state index is 12.2. The highest BCUT2D eigenvalue weighted by Gasteiger charge is 2.33. The highest BCUT2D eigenvalue weighted by molar-refractivity contribution is 5.67. The molecule has 0 saturated carbocycles. The number of aryl methyl sites for hydroxylation is 1. The molecule has 0 aromatic heterocycles. The maximum Gasteiger partial charge on any atom is 0.419 e. The molecule has 3 nitrogen and oxygen atoms in total. The Morgan fingerprint density at radius 2 is 1.94 bits per heavy atom. The predicted molar refractivity (Wildman–Crippen MR) is 49.1 cm³/mol. The van der Waals surface area contributed by atoms with Crippen LogP contribution >= 0.6 is 0 Å². The molecule has 0 amide bonds. The van der Waals surface area contributed by atoms with E-state index in [1.54, 1.807) is 0 Å². The summed E-state index contributed by atoms with van der Waals surface area (Å²) >= 11 is 0. The number of phenolic OH excluding ortho intramolecular Hbond substituents is 1. The Hall–Kier alpha value is -1.72. The largest absolute Gasteiger partial charge is 0.507 e. The molecule has 88 valence electrons. The third-order valence-corrected chi connectivity index (χ3v) is 2.00. The topological polar surface area (TPSA) is 57.5 Å². The average molecular weight is 234 g/mol. The maximum absolute atomic E-state index is 12.2. The molecule has 1 aromatic carbocycles. The van der Waals surface area contributed by atoms with E-state index < -0.39 is 23.5 Å². The molecular formula is C10H9F3O3. The van der Waals surface area contributed by atoms with Crippen LogP contribution in [0.15, 0.2) is 18.2 Å². The van der Waals surface area contributed by atoms with E-state index in [1.165, 1.54) is 0 Å². The summed E-state index contributed by atoms with van der Waals surface area (Å²) < 4.78 is 36.7. The molecule has 0 atom stereocenters. The fourth-order valence-electron chi connectivity index (χ4n) is 1.22. The van der Waals surface area contributed by atoms with Crippen LogP contribution in [0.4, 0.5) is 13.2 Å². The zero-order valence-corrected chi connectivity index (χ0v) is 8.08. The summed E-state index contributed by atoms with van der Waals surface area (Å²) in [6.45, 7) is 0. The van der Waals surface area contributed by atoms with Gasteiger partial charge in [-0.3, -0.25) is 4.79 Å². The lowest BCUT2D eigenvalue weighted by Crippen LogP contribution is -2.05. The Labute approximate surface area is 89.1 Å². The van der Waals surface area contributed by atoms with E-state index in [0.717, 1.165) is 18.2 Å². The van der Waals surface area contributed by atoms with E-state index >= 15 is 0 Å². The van der Waals surface area contributed by atoms with Crippen LogP contribution in [-0.2, 0) is 17.4 Å². The zero-order chi connectivity index (χ0) is 12.3. The molecule has 6 heteroatoms. The number of benzene rings is 1. The van der Waals surface area contributed by atoms with Crippen molar-refractivity contribution in [2.45, 2.75) is 19.0 Å². The first-order chi connectivity index (χ1) is 7.30. The Morgan fingerprint density at radius 3 is 2.38 bits per heavy atom. The number of phenols is 1. The summed E-state index contributed by atoms with van der Waals surface area (Å²) in [7, 11) is 0. The van der Waals surface area contributed by atoms with Crippen LogP contribution in [0.2, 0.25) is 0 Å². The summed E-state index contributed by atoms with van der Waals surface area (Å²) in [6, 6.07) is 2.84. The highest BCUT2D eigenvalue weighted by atomic mass is 19.4. The molecule has 0 aliphatic rings. The van der Waals surface area contributed by atoms with Gasteiger partial charge < -0.3 is 10.2 Å². The van der Waals surface area contributed by atoms with Crippen molar-refractivity contribution in [1.82, 2.24) is 0 Å². The van der Waals surface area contributed by atoms with Gasteiger partial charge in [-0.2, -0.15) is 13.2 Å². The van der Waals surface area contributed by atoms with Crippen LogP contribution in [0.25, 0.3) is 0 Å². The third-order valence-electron chi connectivity index (χ3n) is 2.00. The van der Waals surface area contributed by atoms with E-state index in [-0.39, 0.29) is 12.8 Å². The molecule has 0 saturated heterocycles. The van der Waals surface area contributed by atoms with Gasteiger partial charge in [-0.05, 0) is 24.1 Å². The third kappa shape index (κ3) is 3.15. The monoisotopic (exact) mass is 234 g/mol. The van der Waals surface area contributed by atoms with Crippen molar-refractivity contribution in [2.75, 3.05) is 0 Å². The Kier molecular flexibility index (Phi) is 3.41. The van der Waals surface area contributed by atoms with Gasteiger partial charge in [0, 0.05) is 6.42 Å². The van der Waals surface area contributed by atoms with Crippen LogP contribution in [0, 0.1) is 0 Å². The molecule has 0 heterocycles. The van der Waals surface area contributed by atoms with Crippen LogP contribution in [-0.4, -0.2) is 16.2 Å². The van der Waals surface area contributed by atoms with E-state index in [0.29, 0.717) is 5.56 Å². The average Bonchev–Trinajstić information content (AvgIpc) is 2.12. The number of rotatable bonds is 3. The van der Waals surface area contributed by atoms with Gasteiger partial charge in [-0.1, -0.05) is 6.07 Å². The Morgan fingerprint density at radius 1 is 1.31 bits per heavy atom. The first-order valence-electron chi connectivity index (χ1n) is 4.41. The van der Waals surface area contributed by atoms with Crippen molar-refractivity contribution in [2.24, 2.45) is 0 Å². The van der Waals surface area contributed by atoms with Crippen molar-refractivity contribution < 1.29 is 28.2 Å². The van der Waals surface area contributed by atoms with Crippen molar-refractivity contribution in [1.29, 1.82) is 0 Å². The number of carboxylic acid groups (broad SMARTS) is 1. The number of alkyl halides is 3. The molecule has 0 fully saturated rings. The number of carboxylic acids is 1. The number of aromatic hydroxyl groups is 1. The quantitative estimate of drug-likeness (QED) is 0.844. The van der Waals surface area contributed by atoms with Crippen molar-refractivity contribution in [3.05, 3.63) is 29.3 Å². The van der Waals surface area contributed by atoms with Crippen LogP contribution < -0.4 is 0 Å². The second-order valence-corrected chi connectivity index (χ2v) is 3.24. The van der Waals surface area contributed by atoms with Crippen LogP contribution in [0.1, 0.15) is 17.5 Å². The second kappa shape index (κ2) is 4.42. The zero-order valence-electron chi connectivity index (χ0n) is 8.08. The van der Waals surface area contributed by atoms with E-state index in [2.05, 4.69) is 0 Å². The molecule has 0 aliphatic carbocycles. The number of halogens is 3. The minimum Gasteiger partial charge on any atom is -0.507 e. The van der Waals surface area contributed by atoms with Gasteiger partial charge in [0.05, 0.1) is 5.56 Å². The summed E-state index contributed by atoms with van der Waals surface area (Å²) in [4.78, 5) is 10.2. The lowest BCUT2D eigenvalue weighted by molar-refractivity contribution is -0.139. The van der Waals surface area contributed by atoms with Gasteiger partial charge in [0.15, 0.2) is 0 Å². The molecule has 0 unspecified atom stereocenters. The van der Waals surface area contributed by atoms with Crippen molar-refractivity contribution >= 4 is 5.97 Å². The smallest absolute Gasteiger partial charge is 0.419 e. The standard InChI is InChI=1S/C10H9F3O3/c11-10(12,13)7-3-1-6(5-8(7)14)2-4-9(15)16/h1,3,5,14H,2,4H2,(H,15,16). The molecule has 1 rings (SSSR count).